The van der Waals surface area contributed by atoms with Crippen LogP contribution in [0.15, 0.2) is 95.6 Å². The van der Waals surface area contributed by atoms with Crippen molar-refractivity contribution in [1.29, 1.82) is 0 Å². The predicted octanol–water partition coefficient (Wildman–Crippen LogP) is 3.89. The van der Waals surface area contributed by atoms with Gasteiger partial charge in [0.25, 0.3) is 5.91 Å². The van der Waals surface area contributed by atoms with Crippen molar-refractivity contribution in [2.75, 3.05) is 38.7 Å². The van der Waals surface area contributed by atoms with Crippen molar-refractivity contribution in [3.63, 3.8) is 0 Å². The summed E-state index contributed by atoms with van der Waals surface area (Å²) in [5, 5.41) is 12.3. The molecule has 3 aromatic rings. The first-order chi connectivity index (χ1) is 19.3. The molecule has 0 aliphatic carbocycles. The minimum atomic E-state index is -3.92. The summed E-state index contributed by atoms with van der Waals surface area (Å²) in [4.78, 5) is 13.1. The molecule has 1 heterocycles. The minimum absolute atomic E-state index is 0.0347. The summed E-state index contributed by atoms with van der Waals surface area (Å²) in [5.74, 6) is -0.617. The maximum absolute atomic E-state index is 13.5. The molecule has 3 aromatic carbocycles. The zero-order valence-electron chi connectivity index (χ0n) is 21.9. The van der Waals surface area contributed by atoms with E-state index in [0.29, 0.717) is 17.9 Å². The molecule has 11 heteroatoms. The topological polar surface area (TPSA) is 114 Å². The zero-order valence-corrected chi connectivity index (χ0v) is 22.7. The van der Waals surface area contributed by atoms with Crippen molar-refractivity contribution in [3.8, 4) is 5.75 Å². The molecule has 0 spiro atoms. The molecule has 0 aromatic heterocycles. The van der Waals surface area contributed by atoms with Gasteiger partial charge in [-0.25, -0.2) is 12.8 Å². The van der Waals surface area contributed by atoms with E-state index in [-0.39, 0.29) is 48.7 Å². The van der Waals surface area contributed by atoms with Gasteiger partial charge in [-0.15, -0.1) is 0 Å². The van der Waals surface area contributed by atoms with E-state index < -0.39 is 22.2 Å². The molecule has 2 atom stereocenters. The Hall–Kier alpha value is -3.77. The van der Waals surface area contributed by atoms with Gasteiger partial charge in [0.15, 0.2) is 5.76 Å². The van der Waals surface area contributed by atoms with E-state index in [1.165, 1.54) is 31.4 Å². The number of amides is 1. The first-order valence-electron chi connectivity index (χ1n) is 12.7. The number of hydrogen-bond acceptors (Lipinski definition) is 7. The van der Waals surface area contributed by atoms with Gasteiger partial charge in [0, 0.05) is 31.1 Å². The highest BCUT2D eigenvalue weighted by atomic mass is 32.2. The van der Waals surface area contributed by atoms with Crippen LogP contribution in [0.3, 0.4) is 0 Å². The molecule has 212 valence electrons. The Balaban J connectivity index is 1.46. The third-order valence-electron chi connectivity index (χ3n) is 6.30. The summed E-state index contributed by atoms with van der Waals surface area (Å²) in [6, 6.07) is 20.8. The number of aliphatic hydroxyl groups excluding tert-OH is 1. The molecule has 1 aliphatic heterocycles. The number of para-hydroxylation sites is 1. The number of sulfonamides is 1. The largest absolute Gasteiger partial charge is 0.497 e. The number of carbonyl (C=O) groups excluding carboxylic acids is 1. The highest BCUT2D eigenvalue weighted by molar-refractivity contribution is 7.89. The lowest BCUT2D eigenvalue weighted by atomic mass is 9.93. The van der Waals surface area contributed by atoms with Crippen LogP contribution in [0.2, 0.25) is 0 Å². The number of benzene rings is 3. The van der Waals surface area contributed by atoms with Gasteiger partial charge in [-0.2, -0.15) is 4.31 Å². The van der Waals surface area contributed by atoms with Crippen molar-refractivity contribution >= 4 is 21.6 Å². The van der Waals surface area contributed by atoms with Crippen LogP contribution in [0.5, 0.6) is 5.75 Å². The van der Waals surface area contributed by atoms with Gasteiger partial charge in [-0.1, -0.05) is 30.3 Å². The lowest BCUT2D eigenvalue weighted by Crippen LogP contribution is -2.37. The van der Waals surface area contributed by atoms with Gasteiger partial charge in [0.1, 0.15) is 11.6 Å². The molecule has 9 nitrogen and oxygen atoms in total. The fourth-order valence-electron chi connectivity index (χ4n) is 4.22. The number of nitrogens with zero attached hydrogens (tertiary/aromatic N) is 1. The van der Waals surface area contributed by atoms with Gasteiger partial charge >= 0.3 is 0 Å². The molecular formula is C29H31FN2O7S. The number of ether oxygens (including phenoxy) is 3. The molecule has 0 fully saturated rings. The van der Waals surface area contributed by atoms with Crippen molar-refractivity contribution < 1.29 is 36.9 Å². The Morgan fingerprint density at radius 1 is 1.05 bits per heavy atom. The minimum Gasteiger partial charge on any atom is -0.497 e. The molecule has 1 amide bonds. The SMILES string of the molecule is COc1ccc(S(=O)(=O)N(CCO)CCO[C@H]2C[C@@H](c3ccc(F)cc3)C=C(C(=O)Nc3ccccc3)O2)cc1. The van der Waals surface area contributed by atoms with E-state index in [2.05, 4.69) is 5.32 Å². The summed E-state index contributed by atoms with van der Waals surface area (Å²) in [5.41, 5.74) is 1.36. The third-order valence-corrected chi connectivity index (χ3v) is 8.21. The second-order valence-electron chi connectivity index (χ2n) is 8.97. The Morgan fingerprint density at radius 2 is 1.75 bits per heavy atom. The van der Waals surface area contributed by atoms with Crippen LogP contribution in [-0.4, -0.2) is 63.4 Å². The van der Waals surface area contributed by atoms with E-state index >= 15 is 0 Å². The van der Waals surface area contributed by atoms with Crippen LogP contribution in [0.1, 0.15) is 17.9 Å². The van der Waals surface area contributed by atoms with Gasteiger partial charge in [-0.05, 0) is 60.2 Å². The first-order valence-corrected chi connectivity index (χ1v) is 14.1. The van der Waals surface area contributed by atoms with Gasteiger partial charge in [-0.3, -0.25) is 4.79 Å². The molecule has 40 heavy (non-hydrogen) atoms. The fraction of sp³-hybridized carbons (Fsp3) is 0.276. The quantitative estimate of drug-likeness (QED) is 0.340. The fourth-order valence-corrected chi connectivity index (χ4v) is 5.64. The first kappa shape index (κ1) is 29.2. The molecule has 1 aliphatic rings. The Kier molecular flexibility index (Phi) is 9.88. The average molecular weight is 571 g/mol. The number of anilines is 1. The van der Waals surface area contributed by atoms with Crippen LogP contribution in [0, 0.1) is 5.82 Å². The molecule has 0 saturated heterocycles. The Bertz CT molecular complexity index is 1400. The molecule has 0 saturated carbocycles. The van der Waals surface area contributed by atoms with E-state index in [0.717, 1.165) is 9.87 Å². The van der Waals surface area contributed by atoms with Crippen LogP contribution in [-0.2, 0) is 24.3 Å². The average Bonchev–Trinajstić information content (AvgIpc) is 2.97. The summed E-state index contributed by atoms with van der Waals surface area (Å²) >= 11 is 0. The van der Waals surface area contributed by atoms with Crippen molar-refractivity contribution in [3.05, 3.63) is 102 Å². The summed E-state index contributed by atoms with van der Waals surface area (Å²) in [6.07, 6.45) is 1.10. The summed E-state index contributed by atoms with van der Waals surface area (Å²) in [6.45, 7) is -0.643. The second-order valence-corrected chi connectivity index (χ2v) is 10.9. The number of hydrogen-bond donors (Lipinski definition) is 2. The maximum Gasteiger partial charge on any atom is 0.290 e. The van der Waals surface area contributed by atoms with Crippen molar-refractivity contribution in [2.24, 2.45) is 0 Å². The normalized spacial score (nSPS) is 17.1. The predicted molar refractivity (Wildman–Crippen MR) is 147 cm³/mol. The highest BCUT2D eigenvalue weighted by Crippen LogP contribution is 2.32. The summed E-state index contributed by atoms with van der Waals surface area (Å²) in [7, 11) is -2.44. The Morgan fingerprint density at radius 3 is 2.40 bits per heavy atom. The number of carbonyl (C=O) groups is 1. The van der Waals surface area contributed by atoms with Crippen molar-refractivity contribution in [2.45, 2.75) is 23.5 Å². The van der Waals surface area contributed by atoms with Crippen LogP contribution < -0.4 is 10.1 Å². The zero-order chi connectivity index (χ0) is 28.5. The lowest BCUT2D eigenvalue weighted by Gasteiger charge is -2.30. The Labute approximate surface area is 232 Å². The van der Waals surface area contributed by atoms with Crippen molar-refractivity contribution in [1.82, 2.24) is 4.31 Å². The monoisotopic (exact) mass is 570 g/mol. The van der Waals surface area contributed by atoms with E-state index in [4.69, 9.17) is 14.2 Å². The van der Waals surface area contributed by atoms with E-state index in [9.17, 15) is 22.7 Å². The molecule has 0 radical (unpaired) electrons. The maximum atomic E-state index is 13.5. The molecule has 0 bridgehead atoms. The van der Waals surface area contributed by atoms with E-state index in [1.807, 2.05) is 6.07 Å². The molecule has 4 rings (SSSR count). The number of halogens is 1. The number of nitrogens with one attached hydrogen (secondary N) is 1. The second kappa shape index (κ2) is 13.5. The highest BCUT2D eigenvalue weighted by Gasteiger charge is 2.30. The van der Waals surface area contributed by atoms with Crippen LogP contribution in [0.25, 0.3) is 0 Å². The van der Waals surface area contributed by atoms with Crippen LogP contribution >= 0.6 is 0 Å². The molecule has 0 unspecified atom stereocenters. The number of methoxy groups -OCH3 is 1. The van der Waals surface area contributed by atoms with Gasteiger partial charge in [0.2, 0.25) is 16.3 Å². The van der Waals surface area contributed by atoms with Gasteiger partial charge < -0.3 is 24.6 Å². The summed E-state index contributed by atoms with van der Waals surface area (Å²) < 4.78 is 57.9. The number of rotatable bonds is 12. The standard InChI is InChI=1S/C29H31FN2O7S/c1-37-25-11-13-26(14-12-25)40(35,36)32(15-17-33)16-18-38-28-20-22(21-7-9-23(30)10-8-21)19-27(39-28)29(34)31-24-5-3-2-4-6-24/h2-14,19,22,28,33H,15-18,20H2,1H3,(H,31,34)/t22-,28+/m0/s1. The smallest absolute Gasteiger partial charge is 0.290 e. The van der Waals surface area contributed by atoms with E-state index in [1.54, 1.807) is 54.6 Å². The number of allylic oxidation sites excluding steroid dienone is 1. The molecule has 2 N–H and O–H groups in total. The third kappa shape index (κ3) is 7.45. The molecular weight excluding hydrogens is 539 g/mol. The number of aliphatic hydroxyl groups is 1. The van der Waals surface area contributed by atoms with Crippen LogP contribution in [0.4, 0.5) is 10.1 Å². The lowest BCUT2D eigenvalue weighted by molar-refractivity contribution is -0.143. The van der Waals surface area contributed by atoms with Gasteiger partial charge in [0.05, 0.1) is 25.2 Å².